The fourth-order valence-electron chi connectivity index (χ4n) is 1.62. The van der Waals surface area contributed by atoms with Gasteiger partial charge in [-0.1, -0.05) is 30.9 Å². The van der Waals surface area contributed by atoms with E-state index in [1.54, 1.807) is 13.0 Å². The Kier molecular flexibility index (Phi) is 2.19. The molecule has 1 atom stereocenters. The van der Waals surface area contributed by atoms with Crippen LogP contribution < -0.4 is 0 Å². The maximum absolute atomic E-state index is 11.7. The van der Waals surface area contributed by atoms with Crippen LogP contribution in [0.1, 0.15) is 18.1 Å². The summed E-state index contributed by atoms with van der Waals surface area (Å²) >= 11 is 0. The molecule has 1 aromatic rings. The molecule has 2 rings (SSSR count). The molecule has 1 heterocycles. The Morgan fingerprint density at radius 1 is 1.47 bits per heavy atom. The number of hydrogen-bond donors (Lipinski definition) is 0. The molecule has 0 saturated heterocycles. The van der Waals surface area contributed by atoms with E-state index >= 15 is 0 Å². The summed E-state index contributed by atoms with van der Waals surface area (Å²) in [6.45, 7) is 5.47. The van der Waals surface area contributed by atoms with E-state index in [4.69, 9.17) is 4.74 Å². The van der Waals surface area contributed by atoms with Gasteiger partial charge in [0.15, 0.2) is 5.60 Å². The molecule has 0 aliphatic carbocycles. The lowest BCUT2D eigenvalue weighted by Crippen LogP contribution is -2.29. The van der Waals surface area contributed by atoms with Crippen molar-refractivity contribution in [2.45, 2.75) is 12.5 Å². The Hall–Kier alpha value is -1.83. The summed E-state index contributed by atoms with van der Waals surface area (Å²) in [4.78, 5) is 11.7. The fourth-order valence-corrected chi connectivity index (χ4v) is 1.62. The predicted octanol–water partition coefficient (Wildman–Crippen LogP) is 2.66. The molecule has 2 heteroatoms. The van der Waals surface area contributed by atoms with E-state index in [-0.39, 0.29) is 5.78 Å². The van der Waals surface area contributed by atoms with Crippen LogP contribution in [0.25, 0.3) is 6.08 Å². The summed E-state index contributed by atoms with van der Waals surface area (Å²) < 4.78 is 5.37. The van der Waals surface area contributed by atoms with Crippen LogP contribution >= 0.6 is 0 Å². The maximum Gasteiger partial charge on any atom is 0.206 e. The SMILES string of the molecule is C=Cc1cccc(C2(C)OC=CC2=O)c1. The zero-order valence-corrected chi connectivity index (χ0v) is 8.57. The molecular formula is C13H12O2. The highest BCUT2D eigenvalue weighted by atomic mass is 16.5. The molecule has 0 saturated carbocycles. The summed E-state index contributed by atoms with van der Waals surface area (Å²) in [7, 11) is 0. The lowest BCUT2D eigenvalue weighted by molar-refractivity contribution is -0.128. The molecule has 1 unspecified atom stereocenters. The molecule has 0 bridgehead atoms. The largest absolute Gasteiger partial charge is 0.482 e. The minimum atomic E-state index is -0.862. The second-order valence-electron chi connectivity index (χ2n) is 3.65. The Labute approximate surface area is 88.9 Å². The second-order valence-corrected chi connectivity index (χ2v) is 3.65. The highest BCUT2D eigenvalue weighted by molar-refractivity contribution is 5.99. The number of benzene rings is 1. The molecule has 1 aliphatic heterocycles. The van der Waals surface area contributed by atoms with Gasteiger partial charge in [-0.2, -0.15) is 0 Å². The van der Waals surface area contributed by atoms with Gasteiger partial charge < -0.3 is 4.74 Å². The van der Waals surface area contributed by atoms with Crippen molar-refractivity contribution < 1.29 is 9.53 Å². The minimum Gasteiger partial charge on any atom is -0.482 e. The van der Waals surface area contributed by atoms with Crippen LogP contribution in [0.3, 0.4) is 0 Å². The molecule has 76 valence electrons. The lowest BCUT2D eigenvalue weighted by Gasteiger charge is -2.22. The van der Waals surface area contributed by atoms with Crippen molar-refractivity contribution in [1.82, 2.24) is 0 Å². The third kappa shape index (κ3) is 1.48. The normalized spacial score (nSPS) is 23.9. The van der Waals surface area contributed by atoms with Crippen molar-refractivity contribution in [2.24, 2.45) is 0 Å². The molecule has 1 aromatic carbocycles. The van der Waals surface area contributed by atoms with Gasteiger partial charge in [0.1, 0.15) is 0 Å². The smallest absolute Gasteiger partial charge is 0.206 e. The topological polar surface area (TPSA) is 26.3 Å². The van der Waals surface area contributed by atoms with E-state index in [1.807, 2.05) is 24.3 Å². The molecular weight excluding hydrogens is 188 g/mol. The van der Waals surface area contributed by atoms with Crippen molar-refractivity contribution in [1.29, 1.82) is 0 Å². The number of carbonyl (C=O) groups is 1. The Balaban J connectivity index is 2.45. The highest BCUT2D eigenvalue weighted by Crippen LogP contribution is 2.31. The molecule has 0 radical (unpaired) electrons. The van der Waals surface area contributed by atoms with Crippen LogP contribution in [0.2, 0.25) is 0 Å². The summed E-state index contributed by atoms with van der Waals surface area (Å²) in [5.74, 6) is -0.0243. The van der Waals surface area contributed by atoms with E-state index in [9.17, 15) is 4.79 Å². The van der Waals surface area contributed by atoms with Crippen molar-refractivity contribution >= 4 is 11.9 Å². The maximum atomic E-state index is 11.7. The standard InChI is InChI=1S/C13H12O2/c1-3-10-5-4-6-11(9-10)13(2)12(14)7-8-15-13/h3-9H,1H2,2H3. The van der Waals surface area contributed by atoms with Gasteiger partial charge in [-0.15, -0.1) is 0 Å². The molecule has 0 aromatic heterocycles. The van der Waals surface area contributed by atoms with Gasteiger partial charge in [0.2, 0.25) is 5.78 Å². The van der Waals surface area contributed by atoms with Gasteiger partial charge in [0, 0.05) is 11.6 Å². The van der Waals surface area contributed by atoms with Gasteiger partial charge in [0.25, 0.3) is 0 Å². The minimum absolute atomic E-state index is 0.0243. The third-order valence-corrected chi connectivity index (χ3v) is 2.67. The highest BCUT2D eigenvalue weighted by Gasteiger charge is 2.38. The Morgan fingerprint density at radius 3 is 2.87 bits per heavy atom. The van der Waals surface area contributed by atoms with E-state index in [1.165, 1.54) is 12.3 Å². The van der Waals surface area contributed by atoms with Crippen LogP contribution in [0.5, 0.6) is 0 Å². The van der Waals surface area contributed by atoms with Gasteiger partial charge in [0.05, 0.1) is 6.26 Å². The van der Waals surface area contributed by atoms with Crippen molar-refractivity contribution in [2.75, 3.05) is 0 Å². The zero-order valence-electron chi connectivity index (χ0n) is 8.57. The fraction of sp³-hybridized carbons (Fsp3) is 0.154. The zero-order chi connectivity index (χ0) is 10.9. The monoisotopic (exact) mass is 200 g/mol. The van der Waals surface area contributed by atoms with E-state index in [2.05, 4.69) is 6.58 Å². The van der Waals surface area contributed by atoms with Crippen LogP contribution in [-0.2, 0) is 15.1 Å². The number of rotatable bonds is 2. The average molecular weight is 200 g/mol. The average Bonchev–Trinajstić information content (AvgIpc) is 2.61. The summed E-state index contributed by atoms with van der Waals surface area (Å²) in [5.41, 5.74) is 0.978. The third-order valence-electron chi connectivity index (χ3n) is 2.67. The predicted molar refractivity (Wildman–Crippen MR) is 59.1 cm³/mol. The van der Waals surface area contributed by atoms with Crippen LogP contribution in [0.4, 0.5) is 0 Å². The van der Waals surface area contributed by atoms with Crippen molar-refractivity contribution in [3.8, 4) is 0 Å². The first kappa shape index (κ1) is 9.71. The summed E-state index contributed by atoms with van der Waals surface area (Å²) in [5, 5.41) is 0. The summed E-state index contributed by atoms with van der Waals surface area (Å²) in [6, 6.07) is 7.63. The Bertz CT molecular complexity index is 446. The van der Waals surface area contributed by atoms with E-state index in [0.717, 1.165) is 11.1 Å². The summed E-state index contributed by atoms with van der Waals surface area (Å²) in [6.07, 6.45) is 4.66. The molecule has 15 heavy (non-hydrogen) atoms. The first-order chi connectivity index (χ1) is 7.16. The second kappa shape index (κ2) is 3.39. The Morgan fingerprint density at radius 2 is 2.27 bits per heavy atom. The van der Waals surface area contributed by atoms with Gasteiger partial charge in [-0.25, -0.2) is 0 Å². The number of ketones is 1. The van der Waals surface area contributed by atoms with E-state index < -0.39 is 5.60 Å². The molecule has 0 N–H and O–H groups in total. The quantitative estimate of drug-likeness (QED) is 0.733. The first-order valence-electron chi connectivity index (χ1n) is 4.78. The van der Waals surface area contributed by atoms with Gasteiger partial charge >= 0.3 is 0 Å². The van der Waals surface area contributed by atoms with Gasteiger partial charge in [-0.05, 0) is 18.6 Å². The molecule has 0 spiro atoms. The molecule has 1 aliphatic rings. The van der Waals surface area contributed by atoms with Crippen LogP contribution in [0, 0.1) is 0 Å². The van der Waals surface area contributed by atoms with Crippen LogP contribution in [0.15, 0.2) is 43.2 Å². The molecule has 0 amide bonds. The number of ether oxygens (including phenoxy) is 1. The van der Waals surface area contributed by atoms with Gasteiger partial charge in [-0.3, -0.25) is 4.79 Å². The van der Waals surface area contributed by atoms with E-state index in [0.29, 0.717) is 0 Å². The van der Waals surface area contributed by atoms with Crippen molar-refractivity contribution in [3.05, 3.63) is 54.3 Å². The molecule has 0 fully saturated rings. The lowest BCUT2D eigenvalue weighted by atomic mass is 9.91. The number of carbonyl (C=O) groups excluding carboxylic acids is 1. The number of hydrogen-bond acceptors (Lipinski definition) is 2. The molecule has 2 nitrogen and oxygen atoms in total. The first-order valence-corrected chi connectivity index (χ1v) is 4.78. The van der Waals surface area contributed by atoms with Crippen molar-refractivity contribution in [3.63, 3.8) is 0 Å². The van der Waals surface area contributed by atoms with Crippen LogP contribution in [-0.4, -0.2) is 5.78 Å².